The van der Waals surface area contributed by atoms with Crippen LogP contribution in [0.3, 0.4) is 0 Å². The molecule has 1 heterocycles. The quantitative estimate of drug-likeness (QED) is 0.494. The molecule has 0 atom stereocenters. The lowest BCUT2D eigenvalue weighted by Crippen LogP contribution is -2.13. The van der Waals surface area contributed by atoms with E-state index >= 15 is 0 Å². The number of nitrogens with zero attached hydrogens (tertiary/aromatic N) is 3. The maximum atomic E-state index is 7.76. The maximum absolute atomic E-state index is 7.76. The molecule has 0 saturated carbocycles. The Labute approximate surface area is 158 Å². The van der Waals surface area contributed by atoms with Crippen LogP contribution in [0, 0.1) is 19.3 Å². The van der Waals surface area contributed by atoms with E-state index in [1.54, 1.807) is 4.68 Å². The van der Waals surface area contributed by atoms with Gasteiger partial charge in [-0.1, -0.05) is 42.0 Å². The molecule has 0 saturated heterocycles. The average Bonchev–Trinajstić information content (AvgIpc) is 3.19. The molecule has 4 rings (SSSR count). The molecule has 5 N–H and O–H groups in total. The van der Waals surface area contributed by atoms with Crippen LogP contribution in [0.1, 0.15) is 34.2 Å². The highest BCUT2D eigenvalue weighted by atomic mass is 15.4. The summed E-state index contributed by atoms with van der Waals surface area (Å²) in [6.45, 7) is 4.14. The van der Waals surface area contributed by atoms with Gasteiger partial charge in [-0.25, -0.2) is 9.66 Å². The molecule has 0 amide bonds. The van der Waals surface area contributed by atoms with Crippen molar-refractivity contribution in [3.63, 3.8) is 0 Å². The van der Waals surface area contributed by atoms with E-state index in [0.717, 1.165) is 52.1 Å². The second kappa shape index (κ2) is 6.39. The fourth-order valence-corrected chi connectivity index (χ4v) is 3.69. The first kappa shape index (κ1) is 17.0. The second-order valence-corrected chi connectivity index (χ2v) is 6.94. The molecule has 2 aromatic carbocycles. The van der Waals surface area contributed by atoms with E-state index < -0.39 is 0 Å². The Bertz CT molecular complexity index is 1090. The van der Waals surface area contributed by atoms with Gasteiger partial charge >= 0.3 is 0 Å². The Hall–Kier alpha value is -3.41. The minimum Gasteiger partial charge on any atom is -0.384 e. The van der Waals surface area contributed by atoms with Crippen molar-refractivity contribution >= 4 is 17.5 Å². The topological polar surface area (TPSA) is 106 Å². The van der Waals surface area contributed by atoms with E-state index in [1.807, 2.05) is 24.4 Å². The number of rotatable bonds is 3. The summed E-state index contributed by atoms with van der Waals surface area (Å²) in [5.41, 5.74) is 19.9. The van der Waals surface area contributed by atoms with Gasteiger partial charge in [-0.05, 0) is 37.8 Å². The summed E-state index contributed by atoms with van der Waals surface area (Å²) in [4.78, 5) is 4.49. The van der Waals surface area contributed by atoms with Crippen LogP contribution in [0.5, 0.6) is 0 Å². The zero-order valence-electron chi connectivity index (χ0n) is 15.5. The summed E-state index contributed by atoms with van der Waals surface area (Å²) in [6, 6.07) is 12.1. The van der Waals surface area contributed by atoms with Gasteiger partial charge in [0.1, 0.15) is 5.84 Å². The van der Waals surface area contributed by atoms with E-state index in [1.165, 1.54) is 5.56 Å². The molecule has 0 bridgehead atoms. The summed E-state index contributed by atoms with van der Waals surface area (Å²) >= 11 is 0. The number of nitrogens with two attached hydrogens (primary N) is 2. The van der Waals surface area contributed by atoms with E-state index in [0.29, 0.717) is 5.95 Å². The highest BCUT2D eigenvalue weighted by Crippen LogP contribution is 2.28. The monoisotopic (exact) mass is 358 g/mol. The highest BCUT2D eigenvalue weighted by Gasteiger charge is 2.22. The van der Waals surface area contributed by atoms with E-state index in [2.05, 4.69) is 37.0 Å². The molecular weight excluding hydrogens is 336 g/mol. The Morgan fingerprint density at radius 1 is 1.15 bits per heavy atom. The SMILES string of the molecule is Cc1ccc(-c2cn(N=C3CCc4c(C(=N)N)cccc43)c(N)n2)c(C)c1. The van der Waals surface area contributed by atoms with Gasteiger partial charge in [0, 0.05) is 16.7 Å². The number of imidazole rings is 1. The number of hydrogen-bond donors (Lipinski definition) is 3. The lowest BCUT2D eigenvalue weighted by Gasteiger charge is -2.06. The van der Waals surface area contributed by atoms with Crippen molar-refractivity contribution in [3.05, 3.63) is 70.4 Å². The van der Waals surface area contributed by atoms with Crippen LogP contribution >= 0.6 is 0 Å². The van der Waals surface area contributed by atoms with Crippen LogP contribution in [-0.2, 0) is 6.42 Å². The summed E-state index contributed by atoms with van der Waals surface area (Å²) in [5.74, 6) is 0.445. The Morgan fingerprint density at radius 2 is 1.96 bits per heavy atom. The number of fused-ring (bicyclic) bond motifs is 1. The van der Waals surface area contributed by atoms with Crippen LogP contribution in [-0.4, -0.2) is 21.2 Å². The molecule has 0 spiro atoms. The lowest BCUT2D eigenvalue weighted by molar-refractivity contribution is 0.883. The van der Waals surface area contributed by atoms with Crippen molar-refractivity contribution in [1.29, 1.82) is 5.41 Å². The number of nitrogens with one attached hydrogen (secondary N) is 1. The van der Waals surface area contributed by atoms with Crippen LogP contribution in [0.15, 0.2) is 47.7 Å². The molecule has 0 fully saturated rings. The first-order valence-corrected chi connectivity index (χ1v) is 8.91. The fraction of sp³-hybridized carbons (Fsp3) is 0.190. The summed E-state index contributed by atoms with van der Waals surface area (Å²) in [6.07, 6.45) is 3.48. The number of nitrogen functional groups attached to an aromatic ring is 2. The van der Waals surface area contributed by atoms with E-state index in [-0.39, 0.29) is 5.84 Å². The summed E-state index contributed by atoms with van der Waals surface area (Å²) in [7, 11) is 0. The zero-order valence-corrected chi connectivity index (χ0v) is 15.5. The minimum atomic E-state index is 0.0902. The molecule has 6 nitrogen and oxygen atoms in total. The third-order valence-corrected chi connectivity index (χ3v) is 4.99. The summed E-state index contributed by atoms with van der Waals surface area (Å²) < 4.78 is 1.64. The van der Waals surface area contributed by atoms with Crippen LogP contribution in [0.2, 0.25) is 0 Å². The van der Waals surface area contributed by atoms with Gasteiger partial charge in [-0.15, -0.1) is 0 Å². The van der Waals surface area contributed by atoms with Crippen molar-refractivity contribution in [1.82, 2.24) is 9.66 Å². The minimum absolute atomic E-state index is 0.0902. The molecule has 136 valence electrons. The zero-order chi connectivity index (χ0) is 19.1. The predicted octanol–water partition coefficient (Wildman–Crippen LogP) is 3.23. The van der Waals surface area contributed by atoms with Crippen LogP contribution in [0.4, 0.5) is 5.95 Å². The first-order valence-electron chi connectivity index (χ1n) is 8.91. The third kappa shape index (κ3) is 2.99. The van der Waals surface area contributed by atoms with Crippen molar-refractivity contribution in [2.45, 2.75) is 26.7 Å². The van der Waals surface area contributed by atoms with Crippen LogP contribution in [0.25, 0.3) is 11.3 Å². The molecule has 1 aromatic heterocycles. The van der Waals surface area contributed by atoms with Gasteiger partial charge in [0.05, 0.1) is 17.6 Å². The second-order valence-electron chi connectivity index (χ2n) is 6.94. The molecule has 1 aliphatic rings. The Balaban J connectivity index is 1.74. The Morgan fingerprint density at radius 3 is 2.70 bits per heavy atom. The number of aryl methyl sites for hydroxylation is 2. The molecule has 6 heteroatoms. The number of anilines is 1. The molecule has 27 heavy (non-hydrogen) atoms. The van der Waals surface area contributed by atoms with Gasteiger partial charge in [0.25, 0.3) is 0 Å². The highest BCUT2D eigenvalue weighted by molar-refractivity contribution is 6.08. The van der Waals surface area contributed by atoms with Gasteiger partial charge in [0.15, 0.2) is 0 Å². The van der Waals surface area contributed by atoms with Crippen LogP contribution < -0.4 is 11.5 Å². The molecule has 0 radical (unpaired) electrons. The van der Waals surface area contributed by atoms with Crippen molar-refractivity contribution < 1.29 is 0 Å². The lowest BCUT2D eigenvalue weighted by atomic mass is 10.0. The normalized spacial score (nSPS) is 14.5. The number of hydrogen-bond acceptors (Lipinski definition) is 4. The van der Waals surface area contributed by atoms with Gasteiger partial charge < -0.3 is 11.5 Å². The van der Waals surface area contributed by atoms with Gasteiger partial charge in [-0.2, -0.15) is 5.10 Å². The third-order valence-electron chi connectivity index (χ3n) is 4.99. The molecule has 0 unspecified atom stereocenters. The first-order chi connectivity index (χ1) is 12.9. The summed E-state index contributed by atoms with van der Waals surface area (Å²) in [5, 5.41) is 12.5. The smallest absolute Gasteiger partial charge is 0.221 e. The molecular formula is C21H22N6. The van der Waals surface area contributed by atoms with E-state index in [9.17, 15) is 0 Å². The maximum Gasteiger partial charge on any atom is 0.221 e. The molecule has 0 aliphatic heterocycles. The number of aromatic nitrogens is 2. The Kier molecular flexibility index (Phi) is 4.03. The standard InChI is InChI=1S/C21H22N6/c1-12-6-7-14(13(2)10-12)19-11-27(21(24)25-19)26-18-9-8-15-16(18)4-3-5-17(15)20(22)23/h3-7,10-11H,8-9H2,1-2H3,(H3,22,23)(H2,24,25). The van der Waals surface area contributed by atoms with Gasteiger partial charge in [-0.3, -0.25) is 5.41 Å². The van der Waals surface area contributed by atoms with E-state index in [4.69, 9.17) is 22.0 Å². The largest absolute Gasteiger partial charge is 0.384 e. The number of amidine groups is 1. The van der Waals surface area contributed by atoms with Crippen molar-refractivity contribution in [3.8, 4) is 11.3 Å². The number of benzene rings is 2. The predicted molar refractivity (Wildman–Crippen MR) is 109 cm³/mol. The fourth-order valence-electron chi connectivity index (χ4n) is 3.69. The molecule has 1 aliphatic carbocycles. The molecule has 3 aromatic rings. The van der Waals surface area contributed by atoms with Gasteiger partial charge in [0.2, 0.25) is 5.95 Å². The average molecular weight is 358 g/mol. The van der Waals surface area contributed by atoms with Crippen molar-refractivity contribution in [2.75, 3.05) is 5.73 Å². The van der Waals surface area contributed by atoms with Crippen molar-refractivity contribution in [2.24, 2.45) is 10.8 Å².